The zero-order chi connectivity index (χ0) is 8.43. The third kappa shape index (κ3) is 1.74. The molecule has 1 rings (SSSR count). The van der Waals surface area contributed by atoms with Crippen molar-refractivity contribution in [3.05, 3.63) is 29.1 Å². The predicted molar refractivity (Wildman–Crippen MR) is 47.8 cm³/mol. The van der Waals surface area contributed by atoms with Crippen molar-refractivity contribution in [2.75, 3.05) is 0 Å². The van der Waals surface area contributed by atoms with Crippen LogP contribution in [0.1, 0.15) is 18.1 Å². The fraction of sp³-hybridized carbons (Fsp3) is 0.333. The Morgan fingerprint density at radius 3 is 2.64 bits per heavy atom. The first-order valence-electron chi connectivity index (χ1n) is 3.63. The predicted octanol–water partition coefficient (Wildman–Crippen LogP) is 2.99. The lowest BCUT2D eigenvalue weighted by atomic mass is 10.1. The van der Waals surface area contributed by atoms with E-state index in [1.54, 1.807) is 6.07 Å². The summed E-state index contributed by atoms with van der Waals surface area (Å²) < 4.78 is 13.0. The average molecular weight is 170 g/mol. The van der Waals surface area contributed by atoms with Gasteiger partial charge in [-0.1, -0.05) is 6.92 Å². The van der Waals surface area contributed by atoms with Gasteiger partial charge in [0.1, 0.15) is 5.82 Å². The molecule has 0 aliphatic rings. The highest BCUT2D eigenvalue weighted by atomic mass is 32.1. The molecule has 0 aliphatic carbocycles. The van der Waals surface area contributed by atoms with Crippen molar-refractivity contribution in [3.63, 3.8) is 0 Å². The van der Waals surface area contributed by atoms with Crippen LogP contribution in [0.5, 0.6) is 0 Å². The Morgan fingerprint density at radius 1 is 1.45 bits per heavy atom. The molecule has 0 nitrogen and oxygen atoms in total. The summed E-state index contributed by atoms with van der Waals surface area (Å²) in [5.41, 5.74) is 1.63. The normalized spacial score (nSPS) is 10.2. The van der Waals surface area contributed by atoms with Crippen LogP contribution in [0.15, 0.2) is 17.0 Å². The highest BCUT2D eigenvalue weighted by Gasteiger charge is 2.02. The Morgan fingerprint density at radius 2 is 2.09 bits per heavy atom. The molecule has 1 aromatic carbocycles. The van der Waals surface area contributed by atoms with Crippen LogP contribution in [0.4, 0.5) is 4.39 Å². The van der Waals surface area contributed by atoms with E-state index in [1.807, 2.05) is 13.8 Å². The Hall–Kier alpha value is -0.500. The van der Waals surface area contributed by atoms with Gasteiger partial charge in [0.05, 0.1) is 0 Å². The van der Waals surface area contributed by atoms with Crippen molar-refractivity contribution < 1.29 is 4.39 Å². The maximum Gasteiger partial charge on any atom is 0.126 e. The van der Waals surface area contributed by atoms with E-state index in [2.05, 4.69) is 12.6 Å². The molecule has 1 aromatic rings. The van der Waals surface area contributed by atoms with Gasteiger partial charge in [0.15, 0.2) is 0 Å². The minimum Gasteiger partial charge on any atom is -0.207 e. The molecule has 2 heteroatoms. The summed E-state index contributed by atoms with van der Waals surface area (Å²) in [6, 6.07) is 3.31. The first kappa shape index (κ1) is 8.60. The minimum atomic E-state index is -0.122. The molecule has 0 N–H and O–H groups in total. The van der Waals surface area contributed by atoms with Gasteiger partial charge in [0, 0.05) is 4.90 Å². The second-order valence-electron chi connectivity index (χ2n) is 2.58. The number of aryl methyl sites for hydroxylation is 2. The molecule has 0 heterocycles. The monoisotopic (exact) mass is 170 g/mol. The summed E-state index contributed by atoms with van der Waals surface area (Å²) in [6.45, 7) is 3.78. The van der Waals surface area contributed by atoms with E-state index >= 15 is 0 Å². The highest BCUT2D eigenvalue weighted by molar-refractivity contribution is 7.80. The van der Waals surface area contributed by atoms with Crippen LogP contribution >= 0.6 is 12.6 Å². The van der Waals surface area contributed by atoms with E-state index < -0.39 is 0 Å². The van der Waals surface area contributed by atoms with Gasteiger partial charge in [-0.3, -0.25) is 0 Å². The van der Waals surface area contributed by atoms with E-state index in [0.29, 0.717) is 0 Å². The first-order chi connectivity index (χ1) is 5.15. The van der Waals surface area contributed by atoms with Crippen LogP contribution in [-0.4, -0.2) is 0 Å². The lowest BCUT2D eigenvalue weighted by Gasteiger charge is -2.03. The second kappa shape index (κ2) is 3.26. The number of thiol groups is 1. The van der Waals surface area contributed by atoms with Gasteiger partial charge in [-0.2, -0.15) is 0 Å². The number of halogens is 1. The van der Waals surface area contributed by atoms with Crippen LogP contribution < -0.4 is 0 Å². The molecule has 0 bridgehead atoms. The largest absolute Gasteiger partial charge is 0.207 e. The van der Waals surface area contributed by atoms with E-state index in [4.69, 9.17) is 0 Å². The summed E-state index contributed by atoms with van der Waals surface area (Å²) in [5.74, 6) is -0.122. The molecule has 0 fully saturated rings. The Balaban J connectivity index is 3.21. The Labute approximate surface area is 71.8 Å². The maximum absolute atomic E-state index is 13.0. The third-order valence-corrected chi connectivity index (χ3v) is 2.23. The van der Waals surface area contributed by atoms with Crippen molar-refractivity contribution in [1.82, 2.24) is 0 Å². The van der Waals surface area contributed by atoms with Crippen molar-refractivity contribution in [3.8, 4) is 0 Å². The van der Waals surface area contributed by atoms with E-state index in [9.17, 15) is 4.39 Å². The molecule has 0 amide bonds. The first-order valence-corrected chi connectivity index (χ1v) is 4.08. The van der Waals surface area contributed by atoms with Gasteiger partial charge in [0.2, 0.25) is 0 Å². The summed E-state index contributed by atoms with van der Waals surface area (Å²) >= 11 is 4.20. The Bertz CT molecular complexity index is 269. The lowest BCUT2D eigenvalue weighted by Crippen LogP contribution is -1.89. The standard InChI is InChI=1S/C9H11FS/c1-3-7-5-9(11)6(2)4-8(7)10/h4-5,11H,3H2,1-2H3. The van der Waals surface area contributed by atoms with Crippen LogP contribution in [-0.2, 0) is 6.42 Å². The zero-order valence-electron chi connectivity index (χ0n) is 6.69. The fourth-order valence-corrected chi connectivity index (χ4v) is 1.20. The maximum atomic E-state index is 13.0. The smallest absolute Gasteiger partial charge is 0.126 e. The SMILES string of the molecule is CCc1cc(S)c(C)cc1F. The van der Waals surface area contributed by atoms with Gasteiger partial charge in [0.25, 0.3) is 0 Å². The molecular weight excluding hydrogens is 159 g/mol. The van der Waals surface area contributed by atoms with Crippen LogP contribution in [0.25, 0.3) is 0 Å². The van der Waals surface area contributed by atoms with Gasteiger partial charge in [-0.25, -0.2) is 4.39 Å². The molecule has 0 aliphatic heterocycles. The fourth-order valence-electron chi connectivity index (χ4n) is 0.975. The van der Waals surface area contributed by atoms with Crippen LogP contribution in [0.3, 0.4) is 0 Å². The van der Waals surface area contributed by atoms with Crippen LogP contribution in [0.2, 0.25) is 0 Å². The lowest BCUT2D eigenvalue weighted by molar-refractivity contribution is 0.609. The number of rotatable bonds is 1. The second-order valence-corrected chi connectivity index (χ2v) is 3.07. The van der Waals surface area contributed by atoms with Gasteiger partial charge in [-0.05, 0) is 36.6 Å². The topological polar surface area (TPSA) is 0 Å². The average Bonchev–Trinajstić information content (AvgIpc) is 1.97. The number of benzene rings is 1. The van der Waals surface area contributed by atoms with E-state index in [1.165, 1.54) is 6.07 Å². The Kier molecular flexibility index (Phi) is 2.55. The molecule has 60 valence electrons. The van der Waals surface area contributed by atoms with Crippen molar-refractivity contribution in [1.29, 1.82) is 0 Å². The van der Waals surface area contributed by atoms with Gasteiger partial charge >= 0.3 is 0 Å². The molecule has 0 saturated heterocycles. The molecule has 0 radical (unpaired) electrons. The minimum absolute atomic E-state index is 0.122. The highest BCUT2D eigenvalue weighted by Crippen LogP contribution is 2.18. The molecule has 11 heavy (non-hydrogen) atoms. The molecular formula is C9H11FS. The summed E-state index contributed by atoms with van der Waals surface area (Å²) in [7, 11) is 0. The molecule has 0 saturated carbocycles. The van der Waals surface area contributed by atoms with Crippen molar-refractivity contribution in [2.24, 2.45) is 0 Å². The molecule has 0 unspecified atom stereocenters. The summed E-state index contributed by atoms with van der Waals surface area (Å²) in [5, 5.41) is 0. The quantitative estimate of drug-likeness (QED) is 0.615. The van der Waals surface area contributed by atoms with Gasteiger partial charge < -0.3 is 0 Å². The molecule has 0 spiro atoms. The third-order valence-electron chi connectivity index (χ3n) is 1.75. The van der Waals surface area contributed by atoms with Crippen molar-refractivity contribution in [2.45, 2.75) is 25.2 Å². The molecule has 0 aromatic heterocycles. The van der Waals surface area contributed by atoms with Crippen LogP contribution in [0, 0.1) is 12.7 Å². The molecule has 0 atom stereocenters. The zero-order valence-corrected chi connectivity index (χ0v) is 7.58. The van der Waals surface area contributed by atoms with E-state index in [0.717, 1.165) is 22.4 Å². The number of hydrogen-bond donors (Lipinski definition) is 1. The summed E-state index contributed by atoms with van der Waals surface area (Å²) in [6.07, 6.45) is 0.722. The summed E-state index contributed by atoms with van der Waals surface area (Å²) in [4.78, 5) is 0.864. The van der Waals surface area contributed by atoms with E-state index in [-0.39, 0.29) is 5.82 Å². The van der Waals surface area contributed by atoms with Crippen molar-refractivity contribution >= 4 is 12.6 Å². The number of hydrogen-bond acceptors (Lipinski definition) is 1. The van der Waals surface area contributed by atoms with Gasteiger partial charge in [-0.15, -0.1) is 12.6 Å².